The highest BCUT2D eigenvalue weighted by molar-refractivity contribution is 6.31. The number of aromatic amines is 1. The molecule has 0 fully saturated rings. The van der Waals surface area contributed by atoms with E-state index in [1.54, 1.807) is 0 Å². The molecule has 1 atom stereocenters. The number of esters is 1. The van der Waals surface area contributed by atoms with Crippen molar-refractivity contribution < 1.29 is 9.53 Å². The number of aromatic nitrogens is 1. The maximum Gasteiger partial charge on any atom is 0.311 e. The Morgan fingerprint density at radius 3 is 2.45 bits per heavy atom. The van der Waals surface area contributed by atoms with E-state index in [1.165, 1.54) is 29.7 Å². The minimum absolute atomic E-state index is 0.0934. The van der Waals surface area contributed by atoms with E-state index in [2.05, 4.69) is 37.9 Å². The van der Waals surface area contributed by atoms with Gasteiger partial charge in [-0.2, -0.15) is 0 Å². The molecule has 1 unspecified atom stereocenters. The predicted molar refractivity (Wildman–Crippen MR) is 133 cm³/mol. The van der Waals surface area contributed by atoms with Gasteiger partial charge in [0, 0.05) is 16.9 Å². The van der Waals surface area contributed by atoms with E-state index in [0.717, 1.165) is 37.1 Å². The van der Waals surface area contributed by atoms with Gasteiger partial charge in [-0.15, -0.1) is 0 Å². The number of nitrogens with one attached hydrogen (secondary N) is 1. The van der Waals surface area contributed by atoms with Gasteiger partial charge in [0.05, 0.1) is 12.0 Å². The van der Waals surface area contributed by atoms with Gasteiger partial charge in [-0.25, -0.2) is 0 Å². The van der Waals surface area contributed by atoms with Crippen LogP contribution in [-0.4, -0.2) is 17.6 Å². The Kier molecular flexibility index (Phi) is 12.6. The van der Waals surface area contributed by atoms with Crippen LogP contribution < -0.4 is 0 Å². The smallest absolute Gasteiger partial charge is 0.311 e. The van der Waals surface area contributed by atoms with E-state index in [-0.39, 0.29) is 11.4 Å². The highest BCUT2D eigenvalue weighted by Crippen LogP contribution is 2.30. The lowest BCUT2D eigenvalue weighted by Gasteiger charge is -2.22. The van der Waals surface area contributed by atoms with Gasteiger partial charge in [-0.3, -0.25) is 4.79 Å². The molecular formula is C27H42ClNO2. The summed E-state index contributed by atoms with van der Waals surface area (Å²) in [6.45, 7) is 12.8. The highest BCUT2D eigenvalue weighted by Gasteiger charge is 2.28. The normalized spacial score (nSPS) is 12.1. The molecule has 1 heterocycles. The standard InChI is InChI=1S/C18H27ClO2.C9H15N/c1-5-21-17(20)18(3,4)13-9-8-10-14(2)15-11-6-7-12-16(15)19;1-3-5-9-8(4-2)6-7-10-9/h6-7,11-12,14H,5,8-10,13H2,1-4H3;6-7,10H,3-5H2,1-2H3. The number of unbranched alkanes of at least 4 members (excludes halogenated alkanes) is 1. The number of hydrogen-bond donors (Lipinski definition) is 1. The molecule has 31 heavy (non-hydrogen) atoms. The fourth-order valence-corrected chi connectivity index (χ4v) is 4.05. The summed E-state index contributed by atoms with van der Waals surface area (Å²) in [7, 11) is 0. The first kappa shape index (κ1) is 27.3. The highest BCUT2D eigenvalue weighted by atomic mass is 35.5. The van der Waals surface area contributed by atoms with Gasteiger partial charge in [0.2, 0.25) is 0 Å². The molecule has 1 aromatic heterocycles. The number of aryl methyl sites for hydroxylation is 2. The zero-order valence-corrected chi connectivity index (χ0v) is 21.1. The van der Waals surface area contributed by atoms with Crippen LogP contribution in [0.1, 0.15) is 96.4 Å². The van der Waals surface area contributed by atoms with Crippen molar-refractivity contribution in [2.24, 2.45) is 5.41 Å². The number of carbonyl (C=O) groups excluding carboxylic acids is 1. The molecule has 0 amide bonds. The number of halogens is 1. The summed E-state index contributed by atoms with van der Waals surface area (Å²) >= 11 is 6.22. The van der Waals surface area contributed by atoms with Crippen LogP contribution in [0.15, 0.2) is 36.5 Å². The van der Waals surface area contributed by atoms with Crippen LogP contribution in [0.2, 0.25) is 5.02 Å². The topological polar surface area (TPSA) is 42.1 Å². The van der Waals surface area contributed by atoms with Crippen LogP contribution in [0.4, 0.5) is 0 Å². The molecule has 1 aromatic carbocycles. The predicted octanol–water partition coefficient (Wildman–Crippen LogP) is 8.12. The van der Waals surface area contributed by atoms with E-state index in [4.69, 9.17) is 16.3 Å². The first-order valence-electron chi connectivity index (χ1n) is 11.8. The summed E-state index contributed by atoms with van der Waals surface area (Å²) in [5.41, 5.74) is 3.72. The number of rotatable bonds is 11. The van der Waals surface area contributed by atoms with Crippen LogP contribution >= 0.6 is 11.6 Å². The number of benzene rings is 1. The second-order valence-corrected chi connectivity index (χ2v) is 9.26. The Balaban J connectivity index is 0.000000399. The maximum atomic E-state index is 11.8. The summed E-state index contributed by atoms with van der Waals surface area (Å²) in [6, 6.07) is 10.2. The summed E-state index contributed by atoms with van der Waals surface area (Å²) in [6.07, 6.45) is 9.67. The van der Waals surface area contributed by atoms with Crippen molar-refractivity contribution in [2.45, 2.75) is 92.4 Å². The van der Waals surface area contributed by atoms with Crippen molar-refractivity contribution in [2.75, 3.05) is 6.61 Å². The van der Waals surface area contributed by atoms with E-state index in [1.807, 2.05) is 45.2 Å². The molecule has 3 nitrogen and oxygen atoms in total. The molecule has 0 aliphatic carbocycles. The average Bonchev–Trinajstić information content (AvgIpc) is 3.19. The van der Waals surface area contributed by atoms with Gasteiger partial charge in [0.1, 0.15) is 0 Å². The molecular weight excluding hydrogens is 406 g/mol. The van der Waals surface area contributed by atoms with Crippen molar-refractivity contribution in [3.63, 3.8) is 0 Å². The van der Waals surface area contributed by atoms with E-state index < -0.39 is 0 Å². The molecule has 0 saturated heterocycles. The second kappa shape index (κ2) is 14.3. The SMILES string of the molecule is CCCc1[nH]ccc1CC.CCOC(=O)C(C)(C)CCCCC(C)c1ccccc1Cl. The van der Waals surface area contributed by atoms with Gasteiger partial charge >= 0.3 is 5.97 Å². The minimum Gasteiger partial charge on any atom is -0.466 e. The first-order valence-corrected chi connectivity index (χ1v) is 12.2. The molecule has 0 aliphatic heterocycles. The second-order valence-electron chi connectivity index (χ2n) is 8.86. The third-order valence-corrected chi connectivity index (χ3v) is 6.11. The minimum atomic E-state index is -0.385. The molecule has 1 N–H and O–H groups in total. The van der Waals surface area contributed by atoms with Gasteiger partial charge in [-0.05, 0) is 75.6 Å². The van der Waals surface area contributed by atoms with Crippen LogP contribution in [0.5, 0.6) is 0 Å². The summed E-state index contributed by atoms with van der Waals surface area (Å²) < 4.78 is 5.11. The molecule has 174 valence electrons. The Morgan fingerprint density at radius 1 is 1.13 bits per heavy atom. The van der Waals surface area contributed by atoms with Gasteiger partial charge in [-0.1, -0.05) is 69.8 Å². The van der Waals surface area contributed by atoms with Gasteiger partial charge in [0.25, 0.3) is 0 Å². The average molecular weight is 448 g/mol. The molecule has 2 aromatic rings. The van der Waals surface area contributed by atoms with Crippen LogP contribution in [-0.2, 0) is 22.4 Å². The van der Waals surface area contributed by atoms with Gasteiger partial charge < -0.3 is 9.72 Å². The number of hydrogen-bond acceptors (Lipinski definition) is 2. The lowest BCUT2D eigenvalue weighted by Crippen LogP contribution is -2.26. The zero-order valence-electron chi connectivity index (χ0n) is 20.4. The maximum absolute atomic E-state index is 11.8. The summed E-state index contributed by atoms with van der Waals surface area (Å²) in [4.78, 5) is 15.1. The Hall–Kier alpha value is -1.74. The molecule has 0 aliphatic rings. The molecule has 0 spiro atoms. The van der Waals surface area contributed by atoms with E-state index in [0.29, 0.717) is 12.5 Å². The van der Waals surface area contributed by atoms with Crippen molar-refractivity contribution in [3.05, 3.63) is 58.4 Å². The van der Waals surface area contributed by atoms with Crippen LogP contribution in [0, 0.1) is 5.41 Å². The Labute approximate surface area is 194 Å². The van der Waals surface area contributed by atoms with Crippen LogP contribution in [0.3, 0.4) is 0 Å². The molecule has 0 saturated carbocycles. The molecule has 4 heteroatoms. The Morgan fingerprint density at radius 2 is 1.84 bits per heavy atom. The fraction of sp³-hybridized carbons (Fsp3) is 0.593. The van der Waals surface area contributed by atoms with Crippen molar-refractivity contribution >= 4 is 17.6 Å². The largest absolute Gasteiger partial charge is 0.466 e. The quantitative estimate of drug-likeness (QED) is 0.279. The zero-order chi connectivity index (χ0) is 23.3. The fourth-order valence-electron chi connectivity index (χ4n) is 3.73. The van der Waals surface area contributed by atoms with Gasteiger partial charge in [0.15, 0.2) is 0 Å². The summed E-state index contributed by atoms with van der Waals surface area (Å²) in [5, 5.41) is 0.844. The van der Waals surface area contributed by atoms with Crippen molar-refractivity contribution in [3.8, 4) is 0 Å². The van der Waals surface area contributed by atoms with Crippen LogP contribution in [0.25, 0.3) is 0 Å². The lowest BCUT2D eigenvalue weighted by molar-refractivity contribution is -0.153. The molecule has 2 rings (SSSR count). The third kappa shape index (κ3) is 9.51. The monoisotopic (exact) mass is 447 g/mol. The first-order chi connectivity index (χ1) is 14.8. The van der Waals surface area contributed by atoms with Crippen molar-refractivity contribution in [1.82, 2.24) is 4.98 Å². The lowest BCUT2D eigenvalue weighted by atomic mass is 9.86. The van der Waals surface area contributed by atoms with Crippen molar-refractivity contribution in [1.29, 1.82) is 0 Å². The molecule has 0 bridgehead atoms. The third-order valence-electron chi connectivity index (χ3n) is 5.76. The number of H-pyrrole nitrogens is 1. The number of carbonyl (C=O) groups is 1. The van der Waals surface area contributed by atoms with E-state index >= 15 is 0 Å². The number of ether oxygens (including phenoxy) is 1. The molecule has 0 radical (unpaired) electrons. The van der Waals surface area contributed by atoms with E-state index in [9.17, 15) is 4.79 Å². The Bertz CT molecular complexity index is 766. The summed E-state index contributed by atoms with van der Waals surface area (Å²) in [5.74, 6) is 0.355.